The fraction of sp³-hybridized carbons (Fsp3) is 0.214. The van der Waals surface area contributed by atoms with Crippen LogP contribution in [0.4, 0.5) is 0 Å². The van der Waals surface area contributed by atoms with E-state index in [0.717, 1.165) is 0 Å². The monoisotopic (exact) mass is 266 g/mol. The number of nitriles is 3. The highest BCUT2D eigenvalue weighted by Gasteiger charge is 2.36. The molecule has 0 bridgehead atoms. The Morgan fingerprint density at radius 3 is 2.55 bits per heavy atom. The van der Waals surface area contributed by atoms with Crippen LogP contribution in [-0.4, -0.2) is 7.11 Å². The Kier molecular flexibility index (Phi) is 3.46. The maximum atomic E-state index is 9.21. The second-order valence-corrected chi connectivity index (χ2v) is 4.11. The van der Waals surface area contributed by atoms with Crippen molar-refractivity contribution in [3.8, 4) is 29.7 Å². The third-order valence-corrected chi connectivity index (χ3v) is 3.08. The number of benzene rings is 1. The van der Waals surface area contributed by atoms with Crippen molar-refractivity contribution >= 4 is 0 Å². The number of hydrogen-bond acceptors (Lipinski definition) is 6. The van der Waals surface area contributed by atoms with Gasteiger partial charge in [-0.2, -0.15) is 15.8 Å². The van der Waals surface area contributed by atoms with Gasteiger partial charge in [-0.25, -0.2) is 0 Å². The first kappa shape index (κ1) is 13.3. The first-order valence-electron chi connectivity index (χ1n) is 5.71. The lowest BCUT2D eigenvalue weighted by Gasteiger charge is -2.26. The number of methoxy groups -OCH3 is 1. The predicted molar refractivity (Wildman–Crippen MR) is 67.9 cm³/mol. The van der Waals surface area contributed by atoms with Crippen molar-refractivity contribution in [1.82, 2.24) is 0 Å². The molecule has 1 heterocycles. The molecule has 0 aliphatic carbocycles. The number of hydrogen-bond donors (Lipinski definition) is 1. The minimum atomic E-state index is -1.03. The molecule has 98 valence electrons. The smallest absolute Gasteiger partial charge is 0.205 e. The summed E-state index contributed by atoms with van der Waals surface area (Å²) < 4.78 is 10.5. The van der Waals surface area contributed by atoms with Gasteiger partial charge in [-0.05, 0) is 18.2 Å². The second kappa shape index (κ2) is 5.22. The van der Waals surface area contributed by atoms with E-state index in [2.05, 4.69) is 0 Å². The minimum absolute atomic E-state index is 0.0781. The molecule has 0 saturated heterocycles. The number of fused-ring (bicyclic) bond motifs is 1. The number of nitrogens with zero attached hydrogens (tertiary/aromatic N) is 3. The molecule has 1 aromatic carbocycles. The normalized spacial score (nSPS) is 16.4. The molecule has 1 aromatic rings. The van der Waals surface area contributed by atoms with Crippen molar-refractivity contribution in [2.24, 2.45) is 11.7 Å². The fourth-order valence-corrected chi connectivity index (χ4v) is 2.12. The van der Waals surface area contributed by atoms with Crippen molar-refractivity contribution in [2.75, 3.05) is 7.11 Å². The van der Waals surface area contributed by atoms with E-state index in [1.807, 2.05) is 18.2 Å². The van der Waals surface area contributed by atoms with Crippen LogP contribution < -0.4 is 15.2 Å². The molecule has 0 fully saturated rings. The summed E-state index contributed by atoms with van der Waals surface area (Å²) in [5.41, 5.74) is 6.32. The molecule has 0 spiro atoms. The highest BCUT2D eigenvalue weighted by Crippen LogP contribution is 2.43. The van der Waals surface area contributed by atoms with Crippen LogP contribution in [0.3, 0.4) is 0 Å². The molecule has 0 radical (unpaired) electrons. The lowest BCUT2D eigenvalue weighted by molar-refractivity contribution is 0.377. The van der Waals surface area contributed by atoms with Crippen LogP contribution >= 0.6 is 0 Å². The maximum absolute atomic E-state index is 9.21. The second-order valence-electron chi connectivity index (χ2n) is 4.11. The van der Waals surface area contributed by atoms with Gasteiger partial charge in [0, 0.05) is 5.56 Å². The van der Waals surface area contributed by atoms with Gasteiger partial charge in [0.1, 0.15) is 23.5 Å². The first-order valence-corrected chi connectivity index (χ1v) is 5.71. The average molecular weight is 266 g/mol. The van der Waals surface area contributed by atoms with Crippen LogP contribution in [0.2, 0.25) is 0 Å². The molecular weight excluding hydrogens is 256 g/mol. The number of ether oxygens (including phenoxy) is 2. The zero-order valence-corrected chi connectivity index (χ0v) is 10.6. The summed E-state index contributed by atoms with van der Waals surface area (Å²) in [5, 5.41) is 27.4. The largest absolute Gasteiger partial charge is 0.497 e. The lowest BCUT2D eigenvalue weighted by Crippen LogP contribution is -2.24. The van der Waals surface area contributed by atoms with Gasteiger partial charge in [0.05, 0.1) is 30.7 Å². The van der Waals surface area contributed by atoms with E-state index in [-0.39, 0.29) is 11.5 Å². The molecule has 0 amide bonds. The highest BCUT2D eigenvalue weighted by atomic mass is 16.5. The summed E-state index contributed by atoms with van der Waals surface area (Å²) in [6.07, 6.45) is 0. The summed E-state index contributed by atoms with van der Waals surface area (Å²) in [4.78, 5) is 0. The topological polar surface area (TPSA) is 116 Å². The molecule has 0 saturated carbocycles. The van der Waals surface area contributed by atoms with Crippen LogP contribution in [0, 0.1) is 39.9 Å². The highest BCUT2D eigenvalue weighted by molar-refractivity contribution is 5.54. The quantitative estimate of drug-likeness (QED) is 0.867. The van der Waals surface area contributed by atoms with Gasteiger partial charge >= 0.3 is 0 Å². The molecule has 1 aliphatic heterocycles. The minimum Gasteiger partial charge on any atom is -0.497 e. The molecular formula is C14H10N4O2. The van der Waals surface area contributed by atoms with Crippen LogP contribution in [0.1, 0.15) is 11.5 Å². The van der Waals surface area contributed by atoms with Crippen LogP contribution in [0.5, 0.6) is 11.5 Å². The zero-order chi connectivity index (χ0) is 14.7. The lowest BCUT2D eigenvalue weighted by atomic mass is 9.80. The van der Waals surface area contributed by atoms with E-state index in [1.165, 1.54) is 7.11 Å². The Morgan fingerprint density at radius 2 is 2.00 bits per heavy atom. The number of nitrogens with two attached hydrogens (primary N) is 1. The molecule has 6 heteroatoms. The van der Waals surface area contributed by atoms with E-state index in [9.17, 15) is 5.26 Å². The summed E-state index contributed by atoms with van der Waals surface area (Å²) in [5.74, 6) is -0.884. The summed E-state index contributed by atoms with van der Waals surface area (Å²) in [6.45, 7) is 0. The van der Waals surface area contributed by atoms with Crippen LogP contribution in [0.15, 0.2) is 29.7 Å². The summed E-state index contributed by atoms with van der Waals surface area (Å²) >= 11 is 0. The Bertz CT molecular complexity index is 689. The molecule has 2 N–H and O–H groups in total. The molecule has 1 aliphatic rings. The van der Waals surface area contributed by atoms with Crippen molar-refractivity contribution in [3.63, 3.8) is 0 Å². The Hall–Kier alpha value is -3.17. The van der Waals surface area contributed by atoms with Gasteiger partial charge in [-0.15, -0.1) is 0 Å². The molecule has 6 nitrogen and oxygen atoms in total. The van der Waals surface area contributed by atoms with Gasteiger partial charge in [-0.1, -0.05) is 0 Å². The Labute approximate surface area is 115 Å². The Balaban J connectivity index is 2.66. The third-order valence-electron chi connectivity index (χ3n) is 3.08. The average Bonchev–Trinajstić information content (AvgIpc) is 2.48. The van der Waals surface area contributed by atoms with Crippen molar-refractivity contribution in [1.29, 1.82) is 15.8 Å². The van der Waals surface area contributed by atoms with E-state index in [0.29, 0.717) is 17.1 Å². The van der Waals surface area contributed by atoms with Crippen molar-refractivity contribution in [2.45, 2.75) is 5.92 Å². The van der Waals surface area contributed by atoms with Crippen LogP contribution in [0.25, 0.3) is 0 Å². The molecule has 1 atom stereocenters. The van der Waals surface area contributed by atoms with Crippen molar-refractivity contribution in [3.05, 3.63) is 35.2 Å². The number of allylic oxidation sites excluding steroid dienone is 1. The molecule has 2 rings (SSSR count). The molecule has 0 aromatic heterocycles. The standard InChI is InChI=1S/C14H10N4O2/c1-19-9-2-3-12-10(4-9)13(8(5-15)6-16)11(7-17)14(18)20-12/h2-4,8,13H,18H2,1H3/t13-/m1/s1. The fourth-order valence-electron chi connectivity index (χ4n) is 2.12. The van der Waals surface area contributed by atoms with E-state index >= 15 is 0 Å². The van der Waals surface area contributed by atoms with Gasteiger partial charge in [0.2, 0.25) is 5.88 Å². The van der Waals surface area contributed by atoms with Crippen LogP contribution in [-0.2, 0) is 0 Å². The van der Waals surface area contributed by atoms with E-state index in [1.54, 1.807) is 18.2 Å². The maximum Gasteiger partial charge on any atom is 0.205 e. The SMILES string of the molecule is COc1ccc2c(c1)[C@@H](C(C#N)C#N)C(C#N)=C(N)O2. The molecule has 0 unspecified atom stereocenters. The van der Waals surface area contributed by atoms with Crippen molar-refractivity contribution < 1.29 is 9.47 Å². The summed E-state index contributed by atoms with van der Waals surface area (Å²) in [6, 6.07) is 10.6. The third kappa shape index (κ3) is 1.98. The molecule has 20 heavy (non-hydrogen) atoms. The van der Waals surface area contributed by atoms with E-state index < -0.39 is 11.8 Å². The van der Waals surface area contributed by atoms with Gasteiger partial charge in [0.15, 0.2) is 0 Å². The zero-order valence-electron chi connectivity index (χ0n) is 10.6. The van der Waals surface area contributed by atoms with Gasteiger partial charge in [-0.3, -0.25) is 0 Å². The number of rotatable bonds is 2. The summed E-state index contributed by atoms with van der Waals surface area (Å²) in [7, 11) is 1.50. The predicted octanol–water partition coefficient (Wildman–Crippen LogP) is 1.53. The Morgan fingerprint density at radius 1 is 1.30 bits per heavy atom. The van der Waals surface area contributed by atoms with Gasteiger partial charge in [0.25, 0.3) is 0 Å². The van der Waals surface area contributed by atoms with E-state index in [4.69, 9.17) is 25.7 Å². The first-order chi connectivity index (χ1) is 9.65. The van der Waals surface area contributed by atoms with Gasteiger partial charge < -0.3 is 15.2 Å².